The first-order valence-electron chi connectivity index (χ1n) is 11.3. The van der Waals surface area contributed by atoms with Gasteiger partial charge in [-0.25, -0.2) is 0 Å². The van der Waals surface area contributed by atoms with Crippen molar-refractivity contribution in [1.82, 2.24) is 14.9 Å². The van der Waals surface area contributed by atoms with E-state index in [-0.39, 0.29) is 17.9 Å². The van der Waals surface area contributed by atoms with Crippen molar-refractivity contribution in [3.8, 4) is 11.3 Å². The predicted octanol–water partition coefficient (Wildman–Crippen LogP) is 6.42. The summed E-state index contributed by atoms with van der Waals surface area (Å²) in [6.45, 7) is 10.3. The molecule has 4 rings (SSSR count). The molecule has 2 heterocycles. The zero-order valence-electron chi connectivity index (χ0n) is 19.8. The molecule has 0 unspecified atom stereocenters. The molecule has 33 heavy (non-hydrogen) atoms. The number of rotatable bonds is 7. The molecule has 0 bridgehead atoms. The molecule has 172 valence electrons. The molecule has 2 aromatic heterocycles. The predicted molar refractivity (Wildman–Crippen MR) is 135 cm³/mol. The van der Waals surface area contributed by atoms with E-state index in [2.05, 4.69) is 40.8 Å². The summed E-state index contributed by atoms with van der Waals surface area (Å²) in [4.78, 5) is 4.69. The summed E-state index contributed by atoms with van der Waals surface area (Å²) in [5.41, 5.74) is 4.50. The second-order valence-electron chi connectivity index (χ2n) is 9.62. The third-order valence-corrected chi connectivity index (χ3v) is 7.41. The number of para-hydroxylation sites is 1. The van der Waals surface area contributed by atoms with E-state index >= 15 is 0 Å². The highest BCUT2D eigenvalue weighted by Crippen LogP contribution is 2.42. The topological polar surface area (TPSA) is 74.0 Å². The standard InChI is InChI=1S/C27H31N3O2S/c1-18(2)24(22-15-10-11-17-28-22)26(30-33(31)27(3,4)5)20-13-7-6-12-19(20)25-21-14-8-9-16-23(21)32-29-25/h6-18,24,26,30H,1-5H3/t24-,26-,33+/m1/s1. The number of nitrogens with zero attached hydrogens (tertiary/aromatic N) is 2. The van der Waals surface area contributed by atoms with Gasteiger partial charge in [-0.05, 0) is 56.5 Å². The Morgan fingerprint density at radius 2 is 1.64 bits per heavy atom. The van der Waals surface area contributed by atoms with E-state index in [9.17, 15) is 4.55 Å². The molecule has 0 aliphatic carbocycles. The van der Waals surface area contributed by atoms with Gasteiger partial charge in [0, 0.05) is 40.1 Å². The Hall–Kier alpha value is -2.67. The Morgan fingerprint density at radius 3 is 2.33 bits per heavy atom. The lowest BCUT2D eigenvalue weighted by atomic mass is 9.80. The first-order chi connectivity index (χ1) is 15.8. The molecule has 5 nitrogen and oxygen atoms in total. The maximum atomic E-state index is 13.4. The SMILES string of the molecule is CC(C)[C@H](c1ccccn1)[C@H](N[S@@+]([O-])C(C)(C)C)c1ccccc1-c1noc2ccccc12. The van der Waals surface area contributed by atoms with Gasteiger partial charge in [0.05, 0.1) is 6.04 Å². The molecule has 0 aliphatic rings. The summed E-state index contributed by atoms with van der Waals surface area (Å²) in [7, 11) is 0. The average Bonchev–Trinajstić information content (AvgIpc) is 3.22. The third-order valence-electron chi connectivity index (χ3n) is 5.83. The molecular formula is C27H31N3O2S. The second-order valence-corrected chi connectivity index (χ2v) is 11.6. The van der Waals surface area contributed by atoms with E-state index in [4.69, 9.17) is 4.52 Å². The molecule has 0 fully saturated rings. The number of aromatic nitrogens is 2. The zero-order chi connectivity index (χ0) is 23.6. The van der Waals surface area contributed by atoms with E-state index in [0.717, 1.165) is 33.5 Å². The van der Waals surface area contributed by atoms with E-state index in [1.807, 2.05) is 81.6 Å². The first kappa shape index (κ1) is 23.5. The van der Waals surface area contributed by atoms with Gasteiger partial charge in [0.25, 0.3) is 0 Å². The third kappa shape index (κ3) is 4.98. The van der Waals surface area contributed by atoms with Crippen LogP contribution in [0, 0.1) is 5.92 Å². The summed E-state index contributed by atoms with van der Waals surface area (Å²) in [5.74, 6) is 0.244. The van der Waals surface area contributed by atoms with Crippen LogP contribution in [0.3, 0.4) is 0 Å². The maximum absolute atomic E-state index is 13.4. The van der Waals surface area contributed by atoms with E-state index in [1.165, 1.54) is 0 Å². The largest absolute Gasteiger partial charge is 0.598 e. The smallest absolute Gasteiger partial charge is 0.167 e. The van der Waals surface area contributed by atoms with Crippen LogP contribution in [0.1, 0.15) is 57.8 Å². The van der Waals surface area contributed by atoms with Gasteiger partial charge in [0.2, 0.25) is 0 Å². The lowest BCUT2D eigenvalue weighted by molar-refractivity contribution is 0.389. The molecule has 0 saturated heterocycles. The van der Waals surface area contributed by atoms with Crippen molar-refractivity contribution < 1.29 is 9.08 Å². The first-order valence-corrected chi connectivity index (χ1v) is 12.4. The Labute approximate surface area is 198 Å². The van der Waals surface area contributed by atoms with Crippen molar-refractivity contribution in [3.63, 3.8) is 0 Å². The summed E-state index contributed by atoms with van der Waals surface area (Å²) >= 11 is -1.28. The quantitative estimate of drug-likeness (QED) is 0.321. The summed E-state index contributed by atoms with van der Waals surface area (Å²) in [6, 6.07) is 21.8. The minimum Gasteiger partial charge on any atom is -0.598 e. The van der Waals surface area contributed by atoms with E-state index in [1.54, 1.807) is 0 Å². The average molecular weight is 462 g/mol. The maximum Gasteiger partial charge on any atom is 0.167 e. The van der Waals surface area contributed by atoms with Crippen molar-refractivity contribution >= 4 is 22.3 Å². The Bertz CT molecular complexity index is 1200. The normalized spacial score (nSPS) is 15.0. The zero-order valence-corrected chi connectivity index (χ0v) is 20.6. The van der Waals surface area contributed by atoms with Gasteiger partial charge >= 0.3 is 0 Å². The van der Waals surface area contributed by atoms with Crippen LogP contribution in [-0.4, -0.2) is 19.4 Å². The van der Waals surface area contributed by atoms with Crippen LogP contribution in [0.5, 0.6) is 0 Å². The van der Waals surface area contributed by atoms with Crippen LogP contribution >= 0.6 is 0 Å². The van der Waals surface area contributed by atoms with Crippen molar-refractivity contribution in [3.05, 3.63) is 84.2 Å². The second kappa shape index (κ2) is 9.67. The lowest BCUT2D eigenvalue weighted by Gasteiger charge is -2.34. The molecule has 3 atom stereocenters. The molecule has 0 amide bonds. The number of nitrogens with one attached hydrogen (secondary N) is 1. The Balaban J connectivity index is 1.90. The van der Waals surface area contributed by atoms with Crippen LogP contribution in [0.2, 0.25) is 0 Å². The summed E-state index contributed by atoms with van der Waals surface area (Å²) in [5, 5.41) is 5.38. The van der Waals surface area contributed by atoms with Crippen LogP contribution < -0.4 is 4.72 Å². The van der Waals surface area contributed by atoms with Gasteiger partial charge in [0.15, 0.2) is 5.58 Å². The summed E-state index contributed by atoms with van der Waals surface area (Å²) in [6.07, 6.45) is 1.82. The van der Waals surface area contributed by atoms with Gasteiger partial charge in [-0.1, -0.05) is 61.5 Å². The van der Waals surface area contributed by atoms with Gasteiger partial charge in [-0.2, -0.15) is 0 Å². The lowest BCUT2D eigenvalue weighted by Crippen LogP contribution is -2.43. The van der Waals surface area contributed by atoms with Gasteiger partial charge in [-0.3, -0.25) is 4.98 Å². The molecule has 0 aliphatic heterocycles. The molecule has 2 aromatic carbocycles. The van der Waals surface area contributed by atoms with Crippen LogP contribution in [0.25, 0.3) is 22.2 Å². The summed E-state index contributed by atoms with van der Waals surface area (Å²) < 4.78 is 22.0. The highest BCUT2D eigenvalue weighted by molar-refractivity contribution is 7.90. The van der Waals surface area contributed by atoms with Crippen molar-refractivity contribution in [2.75, 3.05) is 0 Å². The monoisotopic (exact) mass is 461 g/mol. The molecule has 1 N–H and O–H groups in total. The number of benzene rings is 2. The fourth-order valence-electron chi connectivity index (χ4n) is 4.16. The van der Waals surface area contributed by atoms with Crippen molar-refractivity contribution in [2.45, 2.75) is 51.3 Å². The highest BCUT2D eigenvalue weighted by Gasteiger charge is 2.37. The Kier molecular flexibility index (Phi) is 6.88. The van der Waals surface area contributed by atoms with Gasteiger partial charge < -0.3 is 9.08 Å². The molecule has 0 radical (unpaired) electrons. The molecule has 0 spiro atoms. The molecule has 4 aromatic rings. The van der Waals surface area contributed by atoms with E-state index in [0.29, 0.717) is 0 Å². The number of fused-ring (bicyclic) bond motifs is 1. The van der Waals surface area contributed by atoms with Crippen LogP contribution in [0.15, 0.2) is 77.4 Å². The Morgan fingerprint density at radius 1 is 0.939 bits per heavy atom. The van der Waals surface area contributed by atoms with Crippen molar-refractivity contribution in [1.29, 1.82) is 0 Å². The van der Waals surface area contributed by atoms with Crippen LogP contribution in [0.4, 0.5) is 0 Å². The minimum atomic E-state index is -1.28. The number of hydrogen-bond acceptors (Lipinski definition) is 5. The van der Waals surface area contributed by atoms with Gasteiger partial charge in [0.1, 0.15) is 10.4 Å². The number of hydrogen-bond donors (Lipinski definition) is 1. The number of pyridine rings is 1. The van der Waals surface area contributed by atoms with Gasteiger partial charge in [-0.15, -0.1) is 4.72 Å². The van der Waals surface area contributed by atoms with Crippen molar-refractivity contribution in [2.24, 2.45) is 5.92 Å². The fourth-order valence-corrected chi connectivity index (χ4v) is 5.01. The molecular weight excluding hydrogens is 430 g/mol. The van der Waals surface area contributed by atoms with E-state index < -0.39 is 16.1 Å². The molecule has 0 saturated carbocycles. The highest BCUT2D eigenvalue weighted by atomic mass is 32.2. The fraction of sp³-hybridized carbons (Fsp3) is 0.333. The van der Waals surface area contributed by atoms with Crippen LogP contribution in [-0.2, 0) is 11.4 Å². The minimum absolute atomic E-state index is 0.00295. The molecule has 6 heteroatoms.